The van der Waals surface area contributed by atoms with Gasteiger partial charge in [-0.25, -0.2) is 9.59 Å². The first kappa shape index (κ1) is 16.0. The monoisotopic (exact) mass is 337 g/mol. The van der Waals surface area contributed by atoms with Crippen LogP contribution in [0.5, 0.6) is 0 Å². The van der Waals surface area contributed by atoms with Gasteiger partial charge in [0.05, 0.1) is 21.8 Å². The predicted octanol–water partition coefficient (Wildman–Crippen LogP) is 4.14. The van der Waals surface area contributed by atoms with Gasteiger partial charge in [0.15, 0.2) is 0 Å². The first-order valence-electron chi connectivity index (χ1n) is 5.98. The lowest BCUT2D eigenvalue weighted by molar-refractivity contribution is 0.0695. The minimum absolute atomic E-state index is 0.112. The van der Waals surface area contributed by atoms with Crippen LogP contribution in [0.3, 0.4) is 0 Å². The summed E-state index contributed by atoms with van der Waals surface area (Å²) in [6.45, 7) is 0. The number of aromatic carboxylic acids is 2. The summed E-state index contributed by atoms with van der Waals surface area (Å²) >= 11 is 11.8. The molecule has 2 rings (SSSR count). The van der Waals surface area contributed by atoms with Crippen LogP contribution in [0.1, 0.15) is 26.3 Å². The van der Waals surface area contributed by atoms with Crippen molar-refractivity contribution in [2.24, 2.45) is 4.99 Å². The van der Waals surface area contributed by atoms with Gasteiger partial charge in [0.25, 0.3) is 0 Å². The van der Waals surface area contributed by atoms with E-state index in [2.05, 4.69) is 4.99 Å². The van der Waals surface area contributed by atoms with E-state index < -0.39 is 11.9 Å². The van der Waals surface area contributed by atoms with Crippen LogP contribution in [0.15, 0.2) is 41.4 Å². The molecule has 0 spiro atoms. The van der Waals surface area contributed by atoms with Crippen LogP contribution in [-0.4, -0.2) is 28.4 Å². The van der Waals surface area contributed by atoms with E-state index in [1.807, 2.05) is 0 Å². The topological polar surface area (TPSA) is 87.0 Å². The number of nitrogens with zero attached hydrogens (tertiary/aromatic N) is 1. The summed E-state index contributed by atoms with van der Waals surface area (Å²) in [4.78, 5) is 26.2. The first-order chi connectivity index (χ1) is 10.4. The molecule has 0 atom stereocenters. The van der Waals surface area contributed by atoms with Crippen molar-refractivity contribution in [3.63, 3.8) is 0 Å². The molecule has 0 fully saturated rings. The molecule has 7 heteroatoms. The van der Waals surface area contributed by atoms with E-state index in [9.17, 15) is 9.59 Å². The molecule has 0 unspecified atom stereocenters. The Balaban J connectivity index is 2.42. The van der Waals surface area contributed by atoms with Crippen molar-refractivity contribution < 1.29 is 19.8 Å². The van der Waals surface area contributed by atoms with Gasteiger partial charge in [0.2, 0.25) is 0 Å². The van der Waals surface area contributed by atoms with Crippen LogP contribution in [-0.2, 0) is 0 Å². The second-order valence-corrected chi connectivity index (χ2v) is 5.11. The third kappa shape index (κ3) is 3.63. The van der Waals surface area contributed by atoms with Crippen LogP contribution < -0.4 is 0 Å². The summed E-state index contributed by atoms with van der Waals surface area (Å²) in [5.41, 5.74) is 0.418. The van der Waals surface area contributed by atoms with Crippen molar-refractivity contribution in [3.8, 4) is 0 Å². The fraction of sp³-hybridized carbons (Fsp3) is 0. The van der Waals surface area contributed by atoms with Gasteiger partial charge in [0, 0.05) is 16.8 Å². The molecule has 0 heterocycles. The molecule has 0 aliphatic rings. The van der Waals surface area contributed by atoms with Crippen LogP contribution in [0, 0.1) is 0 Å². The van der Waals surface area contributed by atoms with Crippen molar-refractivity contribution in [1.82, 2.24) is 0 Å². The Kier molecular flexibility index (Phi) is 4.80. The Labute approximate surface area is 135 Å². The van der Waals surface area contributed by atoms with Crippen molar-refractivity contribution in [2.75, 3.05) is 0 Å². The number of carboxylic acid groups (broad SMARTS) is 2. The van der Waals surface area contributed by atoms with Gasteiger partial charge in [-0.15, -0.1) is 0 Å². The second kappa shape index (κ2) is 6.60. The molecule has 0 radical (unpaired) electrons. The van der Waals surface area contributed by atoms with Gasteiger partial charge in [-0.3, -0.25) is 4.99 Å². The highest BCUT2D eigenvalue weighted by molar-refractivity contribution is 6.36. The maximum atomic E-state index is 11.2. The zero-order chi connectivity index (χ0) is 16.3. The Morgan fingerprint density at radius 2 is 1.73 bits per heavy atom. The number of halogens is 2. The molecule has 0 bridgehead atoms. The maximum absolute atomic E-state index is 11.2. The molecule has 0 amide bonds. The highest BCUT2D eigenvalue weighted by Gasteiger charge is 2.13. The molecule has 0 saturated carbocycles. The summed E-state index contributed by atoms with van der Waals surface area (Å²) in [6.07, 6.45) is 1.31. The van der Waals surface area contributed by atoms with E-state index in [4.69, 9.17) is 33.4 Å². The van der Waals surface area contributed by atoms with E-state index >= 15 is 0 Å². The normalized spacial score (nSPS) is 10.8. The summed E-state index contributed by atoms with van der Waals surface area (Å²) in [6, 6.07) is 8.47. The largest absolute Gasteiger partial charge is 0.478 e. The smallest absolute Gasteiger partial charge is 0.336 e. The molecule has 0 aliphatic heterocycles. The minimum atomic E-state index is -1.24. The number of hydrogen-bond acceptors (Lipinski definition) is 3. The number of benzene rings is 2. The maximum Gasteiger partial charge on any atom is 0.336 e. The highest BCUT2D eigenvalue weighted by Crippen LogP contribution is 2.27. The Bertz CT molecular complexity index is 787. The highest BCUT2D eigenvalue weighted by atomic mass is 35.5. The van der Waals surface area contributed by atoms with Crippen LogP contribution >= 0.6 is 23.2 Å². The van der Waals surface area contributed by atoms with Crippen LogP contribution in [0.2, 0.25) is 10.0 Å². The third-order valence-electron chi connectivity index (χ3n) is 2.78. The molecule has 0 saturated heterocycles. The number of rotatable bonds is 4. The lowest BCUT2D eigenvalue weighted by Crippen LogP contribution is -2.05. The quantitative estimate of drug-likeness (QED) is 0.820. The van der Waals surface area contributed by atoms with Gasteiger partial charge in [0.1, 0.15) is 0 Å². The molecule has 2 aromatic carbocycles. The number of hydrogen-bond donors (Lipinski definition) is 2. The van der Waals surface area contributed by atoms with Gasteiger partial charge < -0.3 is 10.2 Å². The zero-order valence-corrected chi connectivity index (χ0v) is 12.5. The fourth-order valence-electron chi connectivity index (χ4n) is 1.71. The molecular weight excluding hydrogens is 329 g/mol. The summed E-state index contributed by atoms with van der Waals surface area (Å²) < 4.78 is 0. The zero-order valence-electron chi connectivity index (χ0n) is 11.0. The average Bonchev–Trinajstić information content (AvgIpc) is 2.46. The summed E-state index contributed by atoms with van der Waals surface area (Å²) in [5, 5.41) is 18.8. The summed E-state index contributed by atoms with van der Waals surface area (Å²) in [5.74, 6) is -2.45. The second-order valence-electron chi connectivity index (χ2n) is 4.27. The van der Waals surface area contributed by atoms with Gasteiger partial charge in [-0.1, -0.05) is 29.3 Å². The molecule has 0 aliphatic carbocycles. The average molecular weight is 338 g/mol. The fourth-order valence-corrected chi connectivity index (χ4v) is 2.17. The molecule has 2 aromatic rings. The first-order valence-corrected chi connectivity index (χ1v) is 6.74. The predicted molar refractivity (Wildman–Crippen MR) is 84.1 cm³/mol. The van der Waals surface area contributed by atoms with Crippen molar-refractivity contribution in [3.05, 3.63) is 63.1 Å². The van der Waals surface area contributed by atoms with Gasteiger partial charge in [-0.2, -0.15) is 0 Å². The van der Waals surface area contributed by atoms with E-state index in [1.54, 1.807) is 12.1 Å². The number of carboxylic acids is 2. The van der Waals surface area contributed by atoms with E-state index in [1.165, 1.54) is 24.4 Å². The van der Waals surface area contributed by atoms with Gasteiger partial charge in [-0.05, 0) is 30.3 Å². The molecular formula is C15H9Cl2NO4. The SMILES string of the molecule is O=C(O)c1ccc(/C=N/c2ccc(Cl)cc2Cl)c(C(=O)O)c1. The van der Waals surface area contributed by atoms with Crippen LogP contribution in [0.4, 0.5) is 5.69 Å². The molecule has 112 valence electrons. The van der Waals surface area contributed by atoms with E-state index in [-0.39, 0.29) is 16.7 Å². The summed E-state index contributed by atoms with van der Waals surface area (Å²) in [7, 11) is 0. The van der Waals surface area contributed by atoms with Crippen molar-refractivity contribution >= 4 is 47.0 Å². The third-order valence-corrected chi connectivity index (χ3v) is 3.32. The number of carbonyl (C=O) groups is 2. The van der Waals surface area contributed by atoms with Crippen molar-refractivity contribution in [2.45, 2.75) is 0 Å². The Morgan fingerprint density at radius 1 is 1.00 bits per heavy atom. The Morgan fingerprint density at radius 3 is 2.32 bits per heavy atom. The van der Waals surface area contributed by atoms with E-state index in [0.717, 1.165) is 6.07 Å². The molecule has 5 nitrogen and oxygen atoms in total. The standard InChI is InChI=1S/C15H9Cl2NO4/c16-10-3-4-13(12(17)6-10)18-7-9-2-1-8(14(19)20)5-11(9)15(21)22/h1-7H,(H,19,20)(H,21,22)/b18-7+. The van der Waals surface area contributed by atoms with E-state index in [0.29, 0.717) is 15.7 Å². The lowest BCUT2D eigenvalue weighted by Gasteiger charge is -2.03. The number of aliphatic imine (C=N–C) groups is 1. The molecule has 2 N–H and O–H groups in total. The lowest BCUT2D eigenvalue weighted by atomic mass is 10.0. The van der Waals surface area contributed by atoms with Crippen molar-refractivity contribution in [1.29, 1.82) is 0 Å². The minimum Gasteiger partial charge on any atom is -0.478 e. The molecule has 22 heavy (non-hydrogen) atoms. The van der Waals surface area contributed by atoms with Gasteiger partial charge >= 0.3 is 11.9 Å². The molecule has 0 aromatic heterocycles. The Hall–Kier alpha value is -2.37. The van der Waals surface area contributed by atoms with Crippen LogP contribution in [0.25, 0.3) is 0 Å².